The fourth-order valence-corrected chi connectivity index (χ4v) is 4.36. The largest absolute Gasteiger partial charge is 0.475 e. The number of aryl methyl sites for hydroxylation is 1. The summed E-state index contributed by atoms with van der Waals surface area (Å²) in [6.45, 7) is 4.77. The van der Waals surface area contributed by atoms with E-state index in [4.69, 9.17) is 4.74 Å². The lowest BCUT2D eigenvalue weighted by atomic mass is 10.1. The molecule has 1 atom stereocenters. The molecule has 0 amide bonds. The minimum absolute atomic E-state index is 0.254. The van der Waals surface area contributed by atoms with Gasteiger partial charge in [0.15, 0.2) is 5.78 Å². The Morgan fingerprint density at radius 2 is 2.04 bits per heavy atom. The third-order valence-corrected chi connectivity index (χ3v) is 6.12. The van der Waals surface area contributed by atoms with Crippen LogP contribution in [-0.2, 0) is 4.74 Å². The number of hydrogen-bond donors (Lipinski definition) is 0. The number of hydrogen-bond acceptors (Lipinski definition) is 5. The summed E-state index contributed by atoms with van der Waals surface area (Å²) in [4.78, 5) is 19.9. The number of nitrogens with zero attached hydrogens (tertiary/aromatic N) is 1. The van der Waals surface area contributed by atoms with Gasteiger partial charge in [-0.05, 0) is 68.8 Å². The van der Waals surface area contributed by atoms with Crippen molar-refractivity contribution in [3.8, 4) is 0 Å². The van der Waals surface area contributed by atoms with Crippen LogP contribution >= 0.6 is 23.1 Å². The van der Waals surface area contributed by atoms with Crippen LogP contribution in [0.4, 0.5) is 0 Å². The summed E-state index contributed by atoms with van der Waals surface area (Å²) in [7, 11) is 0. The first kappa shape index (κ1) is 18.2. The first-order valence-electron chi connectivity index (χ1n) is 8.65. The Balaban J connectivity index is 1.38. The Labute approximate surface area is 157 Å². The normalized spacial score (nSPS) is 16.6. The van der Waals surface area contributed by atoms with Crippen molar-refractivity contribution in [2.45, 2.75) is 44.0 Å². The highest BCUT2D eigenvalue weighted by molar-refractivity contribution is 7.99. The number of thioether (sulfide) groups is 1. The van der Waals surface area contributed by atoms with E-state index in [9.17, 15) is 4.79 Å². The fourth-order valence-electron chi connectivity index (χ4n) is 2.61. The van der Waals surface area contributed by atoms with Crippen molar-refractivity contribution in [1.82, 2.24) is 0 Å². The van der Waals surface area contributed by atoms with Gasteiger partial charge >= 0.3 is 0 Å². The van der Waals surface area contributed by atoms with Gasteiger partial charge in [-0.25, -0.2) is 4.99 Å². The van der Waals surface area contributed by atoms with Crippen molar-refractivity contribution in [2.24, 2.45) is 4.99 Å². The van der Waals surface area contributed by atoms with Crippen LogP contribution < -0.4 is 0 Å². The molecule has 1 aromatic carbocycles. The number of carbonyl (C=O) groups is 1. The van der Waals surface area contributed by atoms with E-state index in [1.165, 1.54) is 9.77 Å². The highest BCUT2D eigenvalue weighted by Crippen LogP contribution is 2.22. The molecule has 0 bridgehead atoms. The van der Waals surface area contributed by atoms with Gasteiger partial charge in [-0.2, -0.15) is 0 Å². The van der Waals surface area contributed by atoms with Crippen LogP contribution in [0, 0.1) is 6.92 Å². The van der Waals surface area contributed by atoms with Gasteiger partial charge in [-0.15, -0.1) is 23.1 Å². The molecule has 132 valence electrons. The molecule has 3 nitrogen and oxygen atoms in total. The first-order chi connectivity index (χ1) is 12.1. The number of carbonyl (C=O) groups excluding carboxylic acids is 1. The molecule has 0 fully saturated rings. The zero-order chi connectivity index (χ0) is 17.6. The first-order valence-corrected chi connectivity index (χ1v) is 10.5. The van der Waals surface area contributed by atoms with Gasteiger partial charge in [0.25, 0.3) is 0 Å². The van der Waals surface area contributed by atoms with Crippen molar-refractivity contribution < 1.29 is 9.53 Å². The third kappa shape index (κ3) is 5.19. The standard InChI is InChI=1S/C20H23NO2S2/c1-14-13-23-20(21-14)16-7-9-17(10-8-16)24-12-4-3-5-18(22)19-11-6-15(2)25-19/h6-11,14H,3-5,12-13H2,1-2H3/t14-/m1/s1. The molecule has 2 aromatic rings. The van der Waals surface area contributed by atoms with Gasteiger partial charge in [0, 0.05) is 21.8 Å². The molecule has 0 N–H and O–H groups in total. The van der Waals surface area contributed by atoms with Gasteiger partial charge in [0.1, 0.15) is 6.61 Å². The molecular weight excluding hydrogens is 350 g/mol. The lowest BCUT2D eigenvalue weighted by Crippen LogP contribution is -2.01. The topological polar surface area (TPSA) is 38.7 Å². The molecule has 0 spiro atoms. The number of benzene rings is 1. The van der Waals surface area contributed by atoms with E-state index in [1.54, 1.807) is 11.3 Å². The van der Waals surface area contributed by atoms with Gasteiger partial charge in [-0.3, -0.25) is 4.79 Å². The Hall–Kier alpha value is -1.59. The summed E-state index contributed by atoms with van der Waals surface area (Å²) in [6, 6.07) is 12.6. The molecule has 5 heteroatoms. The van der Waals surface area contributed by atoms with E-state index in [-0.39, 0.29) is 11.8 Å². The van der Waals surface area contributed by atoms with Gasteiger partial charge < -0.3 is 4.74 Å². The molecule has 0 radical (unpaired) electrons. The lowest BCUT2D eigenvalue weighted by molar-refractivity contribution is 0.0984. The Kier molecular flexibility index (Phi) is 6.32. The van der Waals surface area contributed by atoms with E-state index >= 15 is 0 Å². The van der Waals surface area contributed by atoms with E-state index < -0.39 is 0 Å². The van der Waals surface area contributed by atoms with Gasteiger partial charge in [0.05, 0.1) is 10.9 Å². The van der Waals surface area contributed by atoms with E-state index in [2.05, 4.69) is 36.2 Å². The molecule has 0 aliphatic carbocycles. The molecule has 0 unspecified atom stereocenters. The summed E-state index contributed by atoms with van der Waals surface area (Å²) in [5.74, 6) is 2.07. The van der Waals surface area contributed by atoms with Crippen molar-refractivity contribution in [3.05, 3.63) is 51.7 Å². The van der Waals surface area contributed by atoms with Crippen LogP contribution in [0.3, 0.4) is 0 Å². The molecule has 25 heavy (non-hydrogen) atoms. The zero-order valence-corrected chi connectivity index (χ0v) is 16.3. The maximum atomic E-state index is 12.1. The van der Waals surface area contributed by atoms with Crippen LogP contribution in [0.5, 0.6) is 0 Å². The van der Waals surface area contributed by atoms with Gasteiger partial charge in [-0.1, -0.05) is 0 Å². The van der Waals surface area contributed by atoms with Crippen LogP contribution in [0.2, 0.25) is 0 Å². The predicted molar refractivity (Wildman–Crippen MR) is 106 cm³/mol. The molecule has 1 aromatic heterocycles. The Bertz CT molecular complexity index is 749. The van der Waals surface area contributed by atoms with Crippen molar-refractivity contribution in [3.63, 3.8) is 0 Å². The molecule has 0 saturated carbocycles. The quantitative estimate of drug-likeness (QED) is 0.355. The second-order valence-corrected chi connectivity index (χ2v) is 8.71. The molecule has 1 aliphatic heterocycles. The summed E-state index contributed by atoms with van der Waals surface area (Å²) in [6.07, 6.45) is 2.65. The number of unbranched alkanes of at least 4 members (excludes halogenated alkanes) is 1. The molecule has 1 aliphatic rings. The second-order valence-electron chi connectivity index (χ2n) is 6.26. The van der Waals surface area contributed by atoms with E-state index in [0.29, 0.717) is 13.0 Å². The zero-order valence-electron chi connectivity index (χ0n) is 14.7. The number of Topliss-reactive ketones (excluding diaryl/α,β-unsaturated/α-hetero) is 1. The van der Waals surface area contributed by atoms with Crippen LogP contribution in [0.25, 0.3) is 0 Å². The van der Waals surface area contributed by atoms with Crippen LogP contribution in [-0.4, -0.2) is 30.1 Å². The highest BCUT2D eigenvalue weighted by atomic mass is 32.2. The minimum Gasteiger partial charge on any atom is -0.475 e. The van der Waals surface area contributed by atoms with Gasteiger partial charge in [0.2, 0.25) is 5.90 Å². The lowest BCUT2D eigenvalue weighted by Gasteiger charge is -2.04. The summed E-state index contributed by atoms with van der Waals surface area (Å²) < 4.78 is 5.58. The van der Waals surface area contributed by atoms with Crippen molar-refractivity contribution >= 4 is 34.8 Å². The molecule has 3 rings (SSSR count). The predicted octanol–water partition coefficient (Wildman–Crippen LogP) is 5.37. The number of ether oxygens (including phenoxy) is 1. The Morgan fingerprint density at radius 1 is 1.24 bits per heavy atom. The maximum absolute atomic E-state index is 12.1. The smallest absolute Gasteiger partial charge is 0.216 e. The average molecular weight is 374 g/mol. The molecular formula is C20H23NO2S2. The summed E-state index contributed by atoms with van der Waals surface area (Å²) >= 11 is 3.43. The van der Waals surface area contributed by atoms with Crippen LogP contribution in [0.15, 0.2) is 46.3 Å². The number of thiophene rings is 1. The Morgan fingerprint density at radius 3 is 2.68 bits per heavy atom. The minimum atomic E-state index is 0.254. The van der Waals surface area contributed by atoms with Crippen LogP contribution in [0.1, 0.15) is 46.3 Å². The maximum Gasteiger partial charge on any atom is 0.216 e. The van der Waals surface area contributed by atoms with Crippen molar-refractivity contribution in [2.75, 3.05) is 12.4 Å². The third-order valence-electron chi connectivity index (χ3n) is 3.98. The average Bonchev–Trinajstić information content (AvgIpc) is 3.23. The summed E-state index contributed by atoms with van der Waals surface area (Å²) in [5.41, 5.74) is 1.05. The number of aliphatic imine (C=N–C) groups is 1. The fraction of sp³-hybridized carbons (Fsp3) is 0.400. The van der Waals surface area contributed by atoms with E-state index in [0.717, 1.165) is 34.9 Å². The van der Waals surface area contributed by atoms with Crippen molar-refractivity contribution in [1.29, 1.82) is 0 Å². The second kappa shape index (κ2) is 8.68. The molecule has 2 heterocycles. The summed E-state index contributed by atoms with van der Waals surface area (Å²) in [5, 5.41) is 0. The number of ketones is 1. The SMILES string of the molecule is Cc1ccc(C(=O)CCCCSc2ccc(C3=N[C@H](C)CO3)cc2)s1. The number of rotatable bonds is 8. The van der Waals surface area contributed by atoms with E-state index in [1.807, 2.05) is 30.8 Å². The monoisotopic (exact) mass is 373 g/mol. The highest BCUT2D eigenvalue weighted by Gasteiger charge is 2.15. The molecule has 0 saturated heterocycles.